The van der Waals surface area contributed by atoms with Gasteiger partial charge in [0.15, 0.2) is 0 Å². The van der Waals surface area contributed by atoms with Crippen molar-refractivity contribution in [2.45, 2.75) is 23.8 Å². The van der Waals surface area contributed by atoms with Gasteiger partial charge in [0.05, 0.1) is 5.69 Å². The second-order valence-electron chi connectivity index (χ2n) is 4.55. The molecule has 1 aliphatic rings. The highest BCUT2D eigenvalue weighted by Crippen LogP contribution is 2.28. The van der Waals surface area contributed by atoms with E-state index in [4.69, 9.17) is 22.1 Å². The number of rotatable bonds is 3. The summed E-state index contributed by atoms with van der Waals surface area (Å²) in [6.45, 7) is 1.16. The summed E-state index contributed by atoms with van der Waals surface area (Å²) in [5, 5.41) is 0.355. The summed E-state index contributed by atoms with van der Waals surface area (Å²) < 4.78 is 31.7. The molecule has 19 heavy (non-hydrogen) atoms. The van der Waals surface area contributed by atoms with Crippen molar-refractivity contribution < 1.29 is 13.2 Å². The minimum absolute atomic E-state index is 0.0582. The van der Waals surface area contributed by atoms with Gasteiger partial charge in [-0.3, -0.25) is 0 Å². The number of nitrogens with zero attached hydrogens (tertiary/aromatic N) is 1. The molecule has 1 heterocycles. The lowest BCUT2D eigenvalue weighted by molar-refractivity contribution is 0.0632. The van der Waals surface area contributed by atoms with Crippen LogP contribution in [0.1, 0.15) is 12.8 Å². The highest BCUT2D eigenvalue weighted by Gasteiger charge is 2.30. The lowest BCUT2D eigenvalue weighted by Gasteiger charge is -2.30. The maximum atomic E-state index is 12.6. The molecule has 2 rings (SSSR count). The summed E-state index contributed by atoms with van der Waals surface area (Å²) in [5.41, 5.74) is 5.97. The van der Waals surface area contributed by atoms with Gasteiger partial charge in [-0.2, -0.15) is 4.31 Å². The van der Waals surface area contributed by atoms with Gasteiger partial charge in [0.1, 0.15) is 4.90 Å². The van der Waals surface area contributed by atoms with Crippen LogP contribution in [0.25, 0.3) is 0 Å². The minimum atomic E-state index is -3.62. The highest BCUT2D eigenvalue weighted by molar-refractivity contribution is 7.89. The van der Waals surface area contributed by atoms with Gasteiger partial charge >= 0.3 is 0 Å². The molecule has 0 aliphatic carbocycles. The average molecular weight is 305 g/mol. The lowest BCUT2D eigenvalue weighted by atomic mass is 10.1. The Balaban J connectivity index is 2.33. The Morgan fingerprint density at radius 2 is 2.00 bits per heavy atom. The van der Waals surface area contributed by atoms with Gasteiger partial charge in [0.2, 0.25) is 10.0 Å². The van der Waals surface area contributed by atoms with E-state index in [9.17, 15) is 8.42 Å². The molecule has 1 aromatic carbocycles. The van der Waals surface area contributed by atoms with Crippen LogP contribution < -0.4 is 5.73 Å². The van der Waals surface area contributed by atoms with E-state index in [1.807, 2.05) is 0 Å². The van der Waals surface area contributed by atoms with Crippen LogP contribution >= 0.6 is 11.6 Å². The summed E-state index contributed by atoms with van der Waals surface area (Å²) in [7, 11) is -2.05. The maximum absolute atomic E-state index is 12.6. The van der Waals surface area contributed by atoms with Crippen molar-refractivity contribution in [1.82, 2.24) is 4.31 Å². The second-order valence-corrected chi connectivity index (χ2v) is 6.95. The number of anilines is 1. The largest absolute Gasteiger partial charge is 0.398 e. The molecule has 0 bridgehead atoms. The molecular formula is C12H17ClN2O3S. The van der Waals surface area contributed by atoms with Crippen LogP contribution in [-0.2, 0) is 14.8 Å². The molecule has 7 heteroatoms. The zero-order valence-corrected chi connectivity index (χ0v) is 12.2. The van der Waals surface area contributed by atoms with Gasteiger partial charge in [-0.05, 0) is 31.0 Å². The fourth-order valence-electron chi connectivity index (χ4n) is 2.13. The summed E-state index contributed by atoms with van der Waals surface area (Å²) in [6.07, 6.45) is 1.38. The maximum Gasteiger partial charge on any atom is 0.245 e. The first-order valence-corrected chi connectivity index (χ1v) is 7.85. The van der Waals surface area contributed by atoms with E-state index in [2.05, 4.69) is 0 Å². The van der Waals surface area contributed by atoms with Gasteiger partial charge in [-0.25, -0.2) is 8.42 Å². The Hall–Kier alpha value is -0.820. The molecule has 1 aromatic rings. The Labute approximate surface area is 118 Å². The average Bonchev–Trinajstić information content (AvgIpc) is 2.41. The molecule has 106 valence electrons. The van der Waals surface area contributed by atoms with E-state index in [0.29, 0.717) is 31.1 Å². The molecule has 0 spiro atoms. The van der Waals surface area contributed by atoms with Crippen LogP contribution in [0.15, 0.2) is 23.1 Å². The van der Waals surface area contributed by atoms with Crippen molar-refractivity contribution in [3.63, 3.8) is 0 Å². The van der Waals surface area contributed by atoms with Gasteiger partial charge < -0.3 is 10.5 Å². The predicted molar refractivity (Wildman–Crippen MR) is 74.7 cm³/mol. The number of hydrogen-bond donors (Lipinski definition) is 1. The molecule has 2 N–H and O–H groups in total. The number of halogens is 1. The molecule has 0 amide bonds. The molecule has 1 saturated heterocycles. The number of ether oxygens (including phenoxy) is 1. The molecule has 0 unspecified atom stereocenters. The van der Waals surface area contributed by atoms with Crippen molar-refractivity contribution in [2.75, 3.05) is 26.0 Å². The van der Waals surface area contributed by atoms with E-state index < -0.39 is 10.0 Å². The minimum Gasteiger partial charge on any atom is -0.398 e. The van der Waals surface area contributed by atoms with Gasteiger partial charge in [0.25, 0.3) is 0 Å². The van der Waals surface area contributed by atoms with E-state index in [1.54, 1.807) is 13.1 Å². The van der Waals surface area contributed by atoms with E-state index >= 15 is 0 Å². The summed E-state index contributed by atoms with van der Waals surface area (Å²) in [4.78, 5) is 0.0639. The zero-order valence-electron chi connectivity index (χ0n) is 10.7. The van der Waals surface area contributed by atoms with Gasteiger partial charge in [-0.1, -0.05) is 11.6 Å². The fourth-order valence-corrected chi connectivity index (χ4v) is 3.92. The van der Waals surface area contributed by atoms with Gasteiger partial charge in [0, 0.05) is 31.3 Å². The van der Waals surface area contributed by atoms with Crippen LogP contribution in [0.2, 0.25) is 5.02 Å². The number of nitrogen functional groups attached to an aromatic ring is 1. The first kappa shape index (κ1) is 14.6. The van der Waals surface area contributed by atoms with Crippen LogP contribution in [0.4, 0.5) is 5.69 Å². The van der Waals surface area contributed by atoms with Crippen LogP contribution in [-0.4, -0.2) is 39.0 Å². The third-order valence-electron chi connectivity index (χ3n) is 3.34. The summed E-state index contributed by atoms with van der Waals surface area (Å²) >= 11 is 5.85. The fraction of sp³-hybridized carbons (Fsp3) is 0.500. The van der Waals surface area contributed by atoms with Crippen molar-refractivity contribution >= 4 is 27.3 Å². The van der Waals surface area contributed by atoms with Crippen molar-refractivity contribution in [3.8, 4) is 0 Å². The van der Waals surface area contributed by atoms with Gasteiger partial charge in [-0.15, -0.1) is 0 Å². The number of hydrogen-bond acceptors (Lipinski definition) is 4. The summed E-state index contributed by atoms with van der Waals surface area (Å²) in [6, 6.07) is 4.41. The smallest absolute Gasteiger partial charge is 0.245 e. The normalized spacial score (nSPS) is 17.8. The molecule has 0 aromatic heterocycles. The molecule has 1 aliphatic heterocycles. The standard InChI is InChI=1S/C12H17ClN2O3S/c1-15(10-4-6-18-7-5-10)19(16,17)12-8-9(13)2-3-11(12)14/h2-3,8,10H,4-7,14H2,1H3. The van der Waals surface area contributed by atoms with Crippen molar-refractivity contribution in [2.24, 2.45) is 0 Å². The van der Waals surface area contributed by atoms with Crippen LogP contribution in [0, 0.1) is 0 Å². The Morgan fingerprint density at radius 3 is 2.63 bits per heavy atom. The zero-order chi connectivity index (χ0) is 14.0. The molecule has 1 fully saturated rings. The summed E-state index contributed by atoms with van der Waals surface area (Å²) in [5.74, 6) is 0. The molecule has 0 saturated carbocycles. The van der Waals surface area contributed by atoms with E-state index in [0.717, 1.165) is 0 Å². The van der Waals surface area contributed by atoms with E-state index in [1.165, 1.54) is 16.4 Å². The third-order valence-corrected chi connectivity index (χ3v) is 5.54. The first-order chi connectivity index (χ1) is 8.93. The Kier molecular flexibility index (Phi) is 4.35. The lowest BCUT2D eigenvalue weighted by Crippen LogP contribution is -2.40. The topological polar surface area (TPSA) is 72.6 Å². The number of sulfonamides is 1. The second kappa shape index (κ2) is 5.66. The molecule has 0 atom stereocenters. The van der Waals surface area contributed by atoms with Crippen molar-refractivity contribution in [1.29, 1.82) is 0 Å². The number of nitrogens with two attached hydrogens (primary N) is 1. The van der Waals surface area contributed by atoms with Crippen LogP contribution in [0.3, 0.4) is 0 Å². The SMILES string of the molecule is CN(C1CCOCC1)S(=O)(=O)c1cc(Cl)ccc1N. The first-order valence-electron chi connectivity index (χ1n) is 6.03. The Morgan fingerprint density at radius 1 is 1.37 bits per heavy atom. The third kappa shape index (κ3) is 3.02. The molecular weight excluding hydrogens is 288 g/mol. The van der Waals surface area contributed by atoms with Crippen LogP contribution in [0.5, 0.6) is 0 Å². The number of benzene rings is 1. The molecule has 0 radical (unpaired) electrons. The Bertz CT molecular complexity index is 556. The quantitative estimate of drug-likeness (QED) is 0.863. The monoisotopic (exact) mass is 304 g/mol. The van der Waals surface area contributed by atoms with Crippen molar-refractivity contribution in [3.05, 3.63) is 23.2 Å². The molecule has 5 nitrogen and oxygen atoms in total. The predicted octanol–water partition coefficient (Wildman–Crippen LogP) is 1.72. The highest BCUT2D eigenvalue weighted by atomic mass is 35.5. The van der Waals surface area contributed by atoms with E-state index in [-0.39, 0.29) is 16.6 Å².